The smallest absolute Gasteiger partial charge is 0.330 e. The van der Waals surface area contributed by atoms with E-state index < -0.39 is 0 Å². The summed E-state index contributed by atoms with van der Waals surface area (Å²) in [6, 6.07) is 0.679. The fourth-order valence-corrected chi connectivity index (χ4v) is 2.34. The Morgan fingerprint density at radius 1 is 1.35 bits per heavy atom. The zero-order valence-corrected chi connectivity index (χ0v) is 11.3. The molecule has 0 N–H and O–H groups in total. The van der Waals surface area contributed by atoms with Crippen molar-refractivity contribution in [2.75, 3.05) is 20.2 Å². The molecule has 1 aliphatic rings. The molecule has 0 aromatic heterocycles. The summed E-state index contributed by atoms with van der Waals surface area (Å²) in [5.74, 6) is 0.646. The van der Waals surface area contributed by atoms with Crippen LogP contribution in [0, 0.1) is 5.92 Å². The van der Waals surface area contributed by atoms with E-state index in [9.17, 15) is 4.79 Å². The van der Waals surface area contributed by atoms with E-state index in [1.165, 1.54) is 31.8 Å². The van der Waals surface area contributed by atoms with Gasteiger partial charge in [0.25, 0.3) is 0 Å². The first kappa shape index (κ1) is 14.2. The molecule has 1 fully saturated rings. The Morgan fingerprint density at radius 2 is 2.00 bits per heavy atom. The number of hydrogen-bond acceptors (Lipinski definition) is 3. The predicted molar refractivity (Wildman–Crippen MR) is 69.8 cm³/mol. The highest BCUT2D eigenvalue weighted by Crippen LogP contribution is 2.26. The van der Waals surface area contributed by atoms with Gasteiger partial charge in [-0.1, -0.05) is 13.0 Å². The Balaban J connectivity index is 2.24. The van der Waals surface area contributed by atoms with Crippen LogP contribution in [0.1, 0.15) is 39.5 Å². The van der Waals surface area contributed by atoms with Crippen LogP contribution >= 0.6 is 0 Å². The van der Waals surface area contributed by atoms with Crippen LogP contribution < -0.4 is 0 Å². The average Bonchev–Trinajstić information content (AvgIpc) is 2.30. The van der Waals surface area contributed by atoms with Gasteiger partial charge in [0.2, 0.25) is 0 Å². The predicted octanol–water partition coefficient (Wildman–Crippen LogP) is 2.62. The molecule has 3 heteroatoms. The van der Waals surface area contributed by atoms with Crippen molar-refractivity contribution in [1.82, 2.24) is 4.90 Å². The molecule has 0 spiro atoms. The summed E-state index contributed by atoms with van der Waals surface area (Å²) in [7, 11) is 2.14. The van der Waals surface area contributed by atoms with Crippen molar-refractivity contribution < 1.29 is 9.53 Å². The van der Waals surface area contributed by atoms with E-state index in [2.05, 4.69) is 18.9 Å². The SMILES string of the molecule is CCOC(=O)/C=C/CN(C)C1CCC(C)CC1. The number of nitrogens with zero attached hydrogens (tertiary/aromatic N) is 1. The van der Waals surface area contributed by atoms with Gasteiger partial charge in [-0.2, -0.15) is 0 Å². The molecule has 0 aliphatic heterocycles. The van der Waals surface area contributed by atoms with Crippen molar-refractivity contribution in [3.8, 4) is 0 Å². The molecule has 0 heterocycles. The van der Waals surface area contributed by atoms with Crippen LogP contribution in [-0.4, -0.2) is 37.1 Å². The lowest BCUT2D eigenvalue weighted by Crippen LogP contribution is -2.34. The van der Waals surface area contributed by atoms with Crippen LogP contribution in [0.3, 0.4) is 0 Å². The lowest BCUT2D eigenvalue weighted by Gasteiger charge is -2.32. The lowest BCUT2D eigenvalue weighted by atomic mass is 9.87. The summed E-state index contributed by atoms with van der Waals surface area (Å²) in [5, 5.41) is 0. The highest BCUT2D eigenvalue weighted by molar-refractivity contribution is 5.81. The van der Waals surface area contributed by atoms with Crippen LogP contribution in [0.25, 0.3) is 0 Å². The molecule has 0 unspecified atom stereocenters. The molecule has 0 radical (unpaired) electrons. The lowest BCUT2D eigenvalue weighted by molar-refractivity contribution is -0.137. The number of carbonyl (C=O) groups is 1. The minimum absolute atomic E-state index is 0.238. The number of esters is 1. The zero-order chi connectivity index (χ0) is 12.7. The van der Waals surface area contributed by atoms with Gasteiger partial charge in [-0.05, 0) is 45.6 Å². The molecular formula is C14H25NO2. The molecule has 17 heavy (non-hydrogen) atoms. The van der Waals surface area contributed by atoms with Gasteiger partial charge in [-0.25, -0.2) is 4.79 Å². The summed E-state index contributed by atoms with van der Waals surface area (Å²) in [6.07, 6.45) is 8.66. The van der Waals surface area contributed by atoms with Crippen LogP contribution in [0.4, 0.5) is 0 Å². The van der Waals surface area contributed by atoms with Crippen molar-refractivity contribution in [2.45, 2.75) is 45.6 Å². The Labute approximate surface area is 105 Å². The second-order valence-corrected chi connectivity index (χ2v) is 5.01. The van der Waals surface area contributed by atoms with Gasteiger partial charge < -0.3 is 4.74 Å². The van der Waals surface area contributed by atoms with Gasteiger partial charge >= 0.3 is 5.97 Å². The van der Waals surface area contributed by atoms with E-state index in [1.54, 1.807) is 0 Å². The minimum Gasteiger partial charge on any atom is -0.463 e. The van der Waals surface area contributed by atoms with Crippen molar-refractivity contribution in [3.05, 3.63) is 12.2 Å². The first-order valence-electron chi connectivity index (χ1n) is 6.67. The standard InChI is InChI=1S/C14H25NO2/c1-4-17-14(16)6-5-11-15(3)13-9-7-12(2)8-10-13/h5-6,12-13H,4,7-11H2,1-3H3/b6-5+. The van der Waals surface area contributed by atoms with Gasteiger partial charge in [-0.15, -0.1) is 0 Å². The quantitative estimate of drug-likeness (QED) is 0.545. The van der Waals surface area contributed by atoms with Gasteiger partial charge in [-0.3, -0.25) is 4.90 Å². The Kier molecular flexibility index (Phi) is 6.27. The molecule has 98 valence electrons. The molecule has 1 aliphatic carbocycles. The number of likely N-dealkylation sites (N-methyl/N-ethyl adjacent to an activating group) is 1. The largest absolute Gasteiger partial charge is 0.463 e. The number of hydrogen-bond donors (Lipinski definition) is 0. The maximum Gasteiger partial charge on any atom is 0.330 e. The number of carbonyl (C=O) groups excluding carboxylic acids is 1. The third kappa shape index (κ3) is 5.35. The van der Waals surface area contributed by atoms with E-state index in [0.29, 0.717) is 12.6 Å². The monoisotopic (exact) mass is 239 g/mol. The molecule has 0 bridgehead atoms. The molecular weight excluding hydrogens is 214 g/mol. The van der Waals surface area contributed by atoms with Crippen molar-refractivity contribution >= 4 is 5.97 Å². The summed E-state index contributed by atoms with van der Waals surface area (Å²) in [5.41, 5.74) is 0. The summed E-state index contributed by atoms with van der Waals surface area (Å²) < 4.78 is 4.84. The van der Waals surface area contributed by atoms with E-state index in [1.807, 2.05) is 13.0 Å². The van der Waals surface area contributed by atoms with Crippen LogP contribution in [0.5, 0.6) is 0 Å². The second kappa shape index (κ2) is 7.49. The Morgan fingerprint density at radius 3 is 2.59 bits per heavy atom. The highest BCUT2D eigenvalue weighted by Gasteiger charge is 2.20. The molecule has 0 saturated heterocycles. The van der Waals surface area contributed by atoms with Gasteiger partial charge in [0, 0.05) is 18.7 Å². The molecule has 1 saturated carbocycles. The van der Waals surface area contributed by atoms with E-state index in [0.717, 1.165) is 12.5 Å². The molecule has 1 rings (SSSR count). The molecule has 0 amide bonds. The van der Waals surface area contributed by atoms with Crippen molar-refractivity contribution in [2.24, 2.45) is 5.92 Å². The van der Waals surface area contributed by atoms with Crippen molar-refractivity contribution in [1.29, 1.82) is 0 Å². The fraction of sp³-hybridized carbons (Fsp3) is 0.786. The summed E-state index contributed by atoms with van der Waals surface area (Å²) >= 11 is 0. The zero-order valence-electron chi connectivity index (χ0n) is 11.3. The third-order valence-electron chi connectivity index (χ3n) is 3.54. The first-order valence-corrected chi connectivity index (χ1v) is 6.67. The van der Waals surface area contributed by atoms with Crippen LogP contribution in [-0.2, 0) is 9.53 Å². The molecule has 3 nitrogen and oxygen atoms in total. The van der Waals surface area contributed by atoms with Crippen LogP contribution in [0.2, 0.25) is 0 Å². The van der Waals surface area contributed by atoms with E-state index in [-0.39, 0.29) is 5.97 Å². The topological polar surface area (TPSA) is 29.5 Å². The Hall–Kier alpha value is -0.830. The molecule has 0 aromatic carbocycles. The number of ether oxygens (including phenoxy) is 1. The Bertz CT molecular complexity index is 255. The maximum absolute atomic E-state index is 11.1. The summed E-state index contributed by atoms with van der Waals surface area (Å²) in [6.45, 7) is 5.43. The van der Waals surface area contributed by atoms with Crippen molar-refractivity contribution in [3.63, 3.8) is 0 Å². The first-order chi connectivity index (χ1) is 8.13. The van der Waals surface area contributed by atoms with Gasteiger partial charge in [0.15, 0.2) is 0 Å². The normalized spacial score (nSPS) is 25.4. The highest BCUT2D eigenvalue weighted by atomic mass is 16.5. The third-order valence-corrected chi connectivity index (χ3v) is 3.54. The average molecular weight is 239 g/mol. The van der Waals surface area contributed by atoms with E-state index >= 15 is 0 Å². The maximum atomic E-state index is 11.1. The number of rotatable bonds is 5. The second-order valence-electron chi connectivity index (χ2n) is 5.01. The van der Waals surface area contributed by atoms with Crippen LogP contribution in [0.15, 0.2) is 12.2 Å². The minimum atomic E-state index is -0.238. The van der Waals surface area contributed by atoms with Gasteiger partial charge in [0.05, 0.1) is 6.61 Å². The molecule has 0 aromatic rings. The van der Waals surface area contributed by atoms with E-state index in [4.69, 9.17) is 4.74 Å². The van der Waals surface area contributed by atoms with Gasteiger partial charge in [0.1, 0.15) is 0 Å². The molecule has 0 atom stereocenters. The fourth-order valence-electron chi connectivity index (χ4n) is 2.34. The summed E-state index contributed by atoms with van der Waals surface area (Å²) in [4.78, 5) is 13.5.